The van der Waals surface area contributed by atoms with Gasteiger partial charge in [-0.1, -0.05) is 32.1 Å². The number of carbonyl (C=O) groups excluding carboxylic acids is 1. The lowest BCUT2D eigenvalue weighted by Crippen LogP contribution is -2.57. The van der Waals surface area contributed by atoms with Crippen LogP contribution in [0.25, 0.3) is 0 Å². The molecule has 0 bridgehead atoms. The summed E-state index contributed by atoms with van der Waals surface area (Å²) in [5.41, 5.74) is 0.0407. The molecule has 1 saturated carbocycles. The molecular weight excluding hydrogens is 442 g/mol. The summed E-state index contributed by atoms with van der Waals surface area (Å²) in [7, 11) is 1.66. The van der Waals surface area contributed by atoms with Crippen molar-refractivity contribution >= 4 is 5.97 Å². The third-order valence-electron chi connectivity index (χ3n) is 8.01. The number of benzene rings is 1. The summed E-state index contributed by atoms with van der Waals surface area (Å²) in [5, 5.41) is 11.8. The second kappa shape index (κ2) is 11.8. The maximum Gasteiger partial charge on any atom is 0.303 e. The molecule has 0 heterocycles. The average molecular weight is 487 g/mol. The number of aliphatic hydroxyl groups is 1. The number of hydrogen-bond acceptors (Lipinski definition) is 6. The van der Waals surface area contributed by atoms with Crippen LogP contribution in [0.15, 0.2) is 35.9 Å². The van der Waals surface area contributed by atoms with E-state index in [4.69, 9.17) is 14.2 Å². The number of methoxy groups -OCH3 is 1. The minimum Gasteiger partial charge on any atom is -0.493 e. The van der Waals surface area contributed by atoms with Crippen LogP contribution in [0.5, 0.6) is 11.5 Å². The zero-order valence-electron chi connectivity index (χ0n) is 22.5. The fraction of sp³-hybridized carbons (Fsp3) is 0.655. The first-order valence-electron chi connectivity index (χ1n) is 13.0. The van der Waals surface area contributed by atoms with Crippen molar-refractivity contribution in [2.75, 3.05) is 26.8 Å². The number of fused-ring (bicyclic) bond motifs is 1. The number of hydrogen-bond donors (Lipinski definition) is 1. The zero-order valence-corrected chi connectivity index (χ0v) is 22.5. The topological polar surface area (TPSA) is 68.2 Å². The van der Waals surface area contributed by atoms with E-state index in [1.807, 2.05) is 37.6 Å². The van der Waals surface area contributed by atoms with Gasteiger partial charge in [0.2, 0.25) is 0 Å². The minimum absolute atomic E-state index is 0.0203. The molecule has 6 heteroatoms. The van der Waals surface area contributed by atoms with Gasteiger partial charge in [-0.2, -0.15) is 0 Å². The molecule has 1 aromatic rings. The van der Waals surface area contributed by atoms with Crippen LogP contribution in [0, 0.1) is 30.1 Å². The summed E-state index contributed by atoms with van der Waals surface area (Å²) in [6, 6.07) is 8.11. The van der Waals surface area contributed by atoms with Gasteiger partial charge < -0.3 is 19.3 Å². The van der Waals surface area contributed by atoms with Crippen LogP contribution in [0.4, 0.5) is 0 Å². The van der Waals surface area contributed by atoms with Gasteiger partial charge in [0.05, 0.1) is 12.7 Å². The molecular formula is C29H44NO5. The van der Waals surface area contributed by atoms with Crippen molar-refractivity contribution in [2.24, 2.45) is 23.7 Å². The molecule has 2 aliphatic rings. The van der Waals surface area contributed by atoms with E-state index in [2.05, 4.69) is 38.7 Å². The Morgan fingerprint density at radius 2 is 1.89 bits per heavy atom. The van der Waals surface area contributed by atoms with E-state index in [1.54, 1.807) is 7.11 Å². The highest BCUT2D eigenvalue weighted by molar-refractivity contribution is 5.66. The monoisotopic (exact) mass is 486 g/mol. The Morgan fingerprint density at radius 3 is 2.51 bits per heavy atom. The van der Waals surface area contributed by atoms with E-state index in [-0.39, 0.29) is 17.8 Å². The summed E-state index contributed by atoms with van der Waals surface area (Å²) in [6.45, 7) is 14.6. The van der Waals surface area contributed by atoms with Crippen LogP contribution < -0.4 is 9.47 Å². The Kier molecular flexibility index (Phi) is 9.28. The molecule has 0 amide bonds. The predicted octanol–water partition coefficient (Wildman–Crippen LogP) is 4.91. The van der Waals surface area contributed by atoms with Gasteiger partial charge in [-0.05, 0) is 69.1 Å². The number of para-hydroxylation sites is 2. The molecule has 3 rings (SSSR count). The summed E-state index contributed by atoms with van der Waals surface area (Å²) in [5.74, 6) is 2.06. The second-order valence-corrected chi connectivity index (χ2v) is 10.7. The summed E-state index contributed by atoms with van der Waals surface area (Å²) in [4.78, 5) is 14.1. The van der Waals surface area contributed by atoms with E-state index in [1.165, 1.54) is 6.92 Å². The Hall–Kier alpha value is -2.05. The van der Waals surface area contributed by atoms with Gasteiger partial charge in [-0.15, -0.1) is 0 Å². The van der Waals surface area contributed by atoms with Crippen LogP contribution in [0.2, 0.25) is 0 Å². The van der Waals surface area contributed by atoms with Crippen LogP contribution >= 0.6 is 0 Å². The molecule has 2 aliphatic carbocycles. The average Bonchev–Trinajstić information content (AvgIpc) is 2.80. The highest BCUT2D eigenvalue weighted by atomic mass is 16.5. The Morgan fingerprint density at radius 1 is 1.20 bits per heavy atom. The molecule has 0 saturated heterocycles. The van der Waals surface area contributed by atoms with E-state index in [0.29, 0.717) is 24.5 Å². The first kappa shape index (κ1) is 27.5. The van der Waals surface area contributed by atoms with Crippen LogP contribution in [-0.2, 0) is 9.53 Å². The summed E-state index contributed by atoms with van der Waals surface area (Å²) < 4.78 is 16.9. The number of esters is 1. The molecule has 1 unspecified atom stereocenters. The fourth-order valence-electron chi connectivity index (χ4n) is 5.83. The summed E-state index contributed by atoms with van der Waals surface area (Å²) in [6.07, 6.45) is 5.64. The second-order valence-electron chi connectivity index (χ2n) is 10.7. The lowest BCUT2D eigenvalue weighted by atomic mass is 9.57. The van der Waals surface area contributed by atoms with Crippen LogP contribution in [0.1, 0.15) is 54.4 Å². The fourth-order valence-corrected chi connectivity index (χ4v) is 5.83. The standard InChI is InChI=1S/C29H44NO5/c1-19(2)30(14-15-34-27-11-9-8-10-26(27)33-7)18-21(4)24-13-12-22(5)29(32)17-28(35-23(6)31)20(3)16-25(24)29/h8-11,16-17,19,21-22,24-25,28,32H,12-15,18H2,1-7H3/t21?,22-,24+,25-,28-,29-/m1/s1. The molecule has 0 aliphatic heterocycles. The van der Waals surface area contributed by atoms with Crippen molar-refractivity contribution in [1.29, 1.82) is 0 Å². The van der Waals surface area contributed by atoms with E-state index in [9.17, 15) is 9.90 Å². The highest BCUT2D eigenvalue weighted by Gasteiger charge is 2.53. The smallest absolute Gasteiger partial charge is 0.303 e. The first-order valence-corrected chi connectivity index (χ1v) is 13.0. The van der Waals surface area contributed by atoms with Gasteiger partial charge in [0, 0.05) is 38.4 Å². The Bertz CT molecular complexity index is 884. The quantitative estimate of drug-likeness (QED) is 0.374. The Balaban J connectivity index is 1.68. The van der Waals surface area contributed by atoms with Crippen molar-refractivity contribution < 1.29 is 24.1 Å². The molecule has 195 valence electrons. The van der Waals surface area contributed by atoms with Gasteiger partial charge in [-0.3, -0.25) is 9.69 Å². The maximum absolute atomic E-state index is 11.8. The molecule has 6 atom stereocenters. The largest absolute Gasteiger partial charge is 0.493 e. The van der Waals surface area contributed by atoms with Crippen LogP contribution in [0.3, 0.4) is 0 Å². The first-order chi connectivity index (χ1) is 16.6. The van der Waals surface area contributed by atoms with Gasteiger partial charge in [0.25, 0.3) is 0 Å². The molecule has 0 aromatic heterocycles. The normalized spacial score (nSPS) is 29.4. The van der Waals surface area contributed by atoms with Gasteiger partial charge >= 0.3 is 5.97 Å². The molecule has 1 N–H and O–H groups in total. The van der Waals surface area contributed by atoms with Crippen molar-refractivity contribution in [3.63, 3.8) is 0 Å². The number of carbonyl (C=O) groups is 1. The predicted molar refractivity (Wildman–Crippen MR) is 138 cm³/mol. The van der Waals surface area contributed by atoms with Crippen molar-refractivity contribution in [2.45, 2.75) is 72.1 Å². The third kappa shape index (κ3) is 6.39. The lowest BCUT2D eigenvalue weighted by molar-refractivity contribution is -0.148. The lowest BCUT2D eigenvalue weighted by Gasteiger charge is -2.53. The van der Waals surface area contributed by atoms with Crippen LogP contribution in [-0.4, -0.2) is 60.5 Å². The molecule has 6 nitrogen and oxygen atoms in total. The number of nitrogens with zero attached hydrogens (tertiary/aromatic N) is 1. The van der Waals surface area contributed by atoms with E-state index < -0.39 is 11.7 Å². The highest BCUT2D eigenvalue weighted by Crippen LogP contribution is 2.50. The molecule has 1 fully saturated rings. The number of ether oxygens (including phenoxy) is 3. The molecule has 1 radical (unpaired) electrons. The molecule has 1 aromatic carbocycles. The van der Waals surface area contributed by atoms with Crippen molar-refractivity contribution in [3.05, 3.63) is 42.3 Å². The van der Waals surface area contributed by atoms with Crippen molar-refractivity contribution in [1.82, 2.24) is 4.90 Å². The number of rotatable bonds is 10. The van der Waals surface area contributed by atoms with Crippen molar-refractivity contribution in [3.8, 4) is 11.5 Å². The van der Waals surface area contributed by atoms with E-state index >= 15 is 0 Å². The van der Waals surface area contributed by atoms with Gasteiger partial charge in [0.1, 0.15) is 12.7 Å². The zero-order chi connectivity index (χ0) is 25.8. The SMILES string of the molecule is COc1ccccc1OCCN(CC(C)[C@@H]1CC[C@@H](C)[C@]2(O)[CH][C@@H](OC(C)=O)C(C)=C[C@H]12)C(C)C. The molecule has 35 heavy (non-hydrogen) atoms. The molecule has 0 spiro atoms. The minimum atomic E-state index is -0.966. The third-order valence-corrected chi connectivity index (χ3v) is 8.01. The summed E-state index contributed by atoms with van der Waals surface area (Å²) >= 11 is 0. The van der Waals surface area contributed by atoms with Gasteiger partial charge in [-0.25, -0.2) is 0 Å². The maximum atomic E-state index is 11.8. The Labute approximate surface area is 211 Å². The van der Waals surface area contributed by atoms with Gasteiger partial charge in [0.15, 0.2) is 11.5 Å². The van der Waals surface area contributed by atoms with E-state index in [0.717, 1.165) is 43.0 Å².